The van der Waals surface area contributed by atoms with Gasteiger partial charge in [0.2, 0.25) is 11.0 Å². The van der Waals surface area contributed by atoms with Gasteiger partial charge in [-0.1, -0.05) is 0 Å². The average Bonchev–Trinajstić information content (AvgIpc) is 3.26. The molecule has 188 valence electrons. The molecule has 3 aromatic heterocycles. The number of fused-ring (bicyclic) bond motifs is 1. The van der Waals surface area contributed by atoms with Gasteiger partial charge in [0.1, 0.15) is 11.4 Å². The molecule has 0 aliphatic rings. The number of halogens is 4. The molecule has 0 bridgehead atoms. The number of pyridine rings is 2. The molecule has 0 aliphatic carbocycles. The van der Waals surface area contributed by atoms with Crippen LogP contribution in [0.5, 0.6) is 0 Å². The van der Waals surface area contributed by atoms with Crippen LogP contribution in [0.4, 0.5) is 17.6 Å². The lowest BCUT2D eigenvalue weighted by molar-refractivity contribution is -0.137. The molecule has 4 rings (SSSR count). The summed E-state index contributed by atoms with van der Waals surface area (Å²) in [5.41, 5.74) is 0.351. The van der Waals surface area contributed by atoms with E-state index in [0.717, 1.165) is 24.3 Å². The lowest BCUT2D eigenvalue weighted by atomic mass is 10.1. The number of alkyl halides is 3. The van der Waals surface area contributed by atoms with Gasteiger partial charge in [-0.2, -0.15) is 17.9 Å². The molecular weight excluding hydrogens is 504 g/mol. The number of nitrogens with zero attached hydrogens (tertiary/aromatic N) is 2. The fourth-order valence-electron chi connectivity index (χ4n) is 3.25. The standard InChI is InChI=1S/C23H18F4N4O4S/c1-13(31-36(33,34)21-10-15-9-17(24)3-5-20(15)35-21)22(32)30-11-14-6-7-28-19(8-14)18-4-2-16(12-29-18)23(25,26)27/h2-10,12-13,31H,11H2,1H3,(H,30,32)/t13-/m0/s1. The number of nitrogens with one attached hydrogen (secondary N) is 2. The minimum Gasteiger partial charge on any atom is -0.443 e. The van der Waals surface area contributed by atoms with Gasteiger partial charge in [0, 0.05) is 30.4 Å². The Morgan fingerprint density at radius 2 is 1.83 bits per heavy atom. The van der Waals surface area contributed by atoms with E-state index in [2.05, 4.69) is 20.0 Å². The number of furan rings is 1. The molecule has 0 spiro atoms. The van der Waals surface area contributed by atoms with Gasteiger partial charge in [-0.3, -0.25) is 14.8 Å². The SMILES string of the molecule is C[C@H](NS(=O)(=O)c1cc2cc(F)ccc2o1)C(=O)NCc1ccnc(-c2ccc(C(F)(F)F)cn2)c1. The van der Waals surface area contributed by atoms with Gasteiger partial charge < -0.3 is 9.73 Å². The highest BCUT2D eigenvalue weighted by atomic mass is 32.2. The highest BCUT2D eigenvalue weighted by Crippen LogP contribution is 2.29. The summed E-state index contributed by atoms with van der Waals surface area (Å²) in [4.78, 5) is 20.4. The van der Waals surface area contributed by atoms with Crippen LogP contribution in [0.15, 0.2) is 70.4 Å². The molecule has 1 aromatic carbocycles. The maximum atomic E-state index is 13.4. The maximum absolute atomic E-state index is 13.4. The summed E-state index contributed by atoms with van der Waals surface area (Å²) in [6, 6.07) is 8.72. The van der Waals surface area contributed by atoms with Gasteiger partial charge in [-0.15, -0.1) is 0 Å². The molecule has 3 heterocycles. The van der Waals surface area contributed by atoms with Crippen molar-refractivity contribution in [1.82, 2.24) is 20.0 Å². The Morgan fingerprint density at radius 1 is 1.06 bits per heavy atom. The number of carbonyl (C=O) groups excluding carboxylic acids is 1. The van der Waals surface area contributed by atoms with E-state index in [1.165, 1.54) is 31.3 Å². The van der Waals surface area contributed by atoms with E-state index in [9.17, 15) is 30.8 Å². The third-order valence-electron chi connectivity index (χ3n) is 5.09. The van der Waals surface area contributed by atoms with Crippen molar-refractivity contribution in [2.24, 2.45) is 0 Å². The summed E-state index contributed by atoms with van der Waals surface area (Å²) in [7, 11) is -4.22. The predicted molar refractivity (Wildman–Crippen MR) is 120 cm³/mol. The number of rotatable bonds is 7. The molecule has 0 aliphatic heterocycles. The number of carbonyl (C=O) groups is 1. The summed E-state index contributed by atoms with van der Waals surface area (Å²) >= 11 is 0. The molecule has 0 fully saturated rings. The van der Waals surface area contributed by atoms with Crippen LogP contribution in [0.3, 0.4) is 0 Å². The Bertz CT molecular complexity index is 1520. The zero-order chi connectivity index (χ0) is 26.1. The number of aromatic nitrogens is 2. The minimum absolute atomic E-state index is 0.00896. The highest BCUT2D eigenvalue weighted by molar-refractivity contribution is 7.89. The molecule has 0 saturated heterocycles. The Morgan fingerprint density at radius 3 is 2.53 bits per heavy atom. The quantitative estimate of drug-likeness (QED) is 0.354. The Balaban J connectivity index is 1.39. The van der Waals surface area contributed by atoms with E-state index in [1.807, 2.05) is 0 Å². The van der Waals surface area contributed by atoms with Crippen LogP contribution in [0, 0.1) is 5.82 Å². The second kappa shape index (κ2) is 9.66. The highest BCUT2D eigenvalue weighted by Gasteiger charge is 2.30. The molecule has 2 N–H and O–H groups in total. The first-order valence-corrected chi connectivity index (χ1v) is 11.9. The van der Waals surface area contributed by atoms with Gasteiger partial charge in [0.15, 0.2) is 0 Å². The molecule has 4 aromatic rings. The van der Waals surface area contributed by atoms with E-state index in [1.54, 1.807) is 6.07 Å². The summed E-state index contributed by atoms with van der Waals surface area (Å²) in [5.74, 6) is -1.20. The summed E-state index contributed by atoms with van der Waals surface area (Å²) < 4.78 is 84.2. The second-order valence-electron chi connectivity index (χ2n) is 7.79. The van der Waals surface area contributed by atoms with Crippen LogP contribution in [-0.4, -0.2) is 30.3 Å². The lowest BCUT2D eigenvalue weighted by Crippen LogP contribution is -2.44. The van der Waals surface area contributed by atoms with Crippen LogP contribution in [0.2, 0.25) is 0 Å². The first-order chi connectivity index (χ1) is 16.9. The van der Waals surface area contributed by atoms with E-state index in [0.29, 0.717) is 17.5 Å². The van der Waals surface area contributed by atoms with Crippen molar-refractivity contribution in [3.8, 4) is 11.4 Å². The van der Waals surface area contributed by atoms with Gasteiger partial charge in [0.05, 0.1) is 23.0 Å². The Labute approximate surface area is 202 Å². The molecule has 1 amide bonds. The number of benzene rings is 1. The van der Waals surface area contributed by atoms with Crippen LogP contribution >= 0.6 is 0 Å². The third-order valence-corrected chi connectivity index (χ3v) is 6.48. The Kier molecular flexibility index (Phi) is 6.78. The minimum atomic E-state index is -4.51. The maximum Gasteiger partial charge on any atom is 0.417 e. The third kappa shape index (κ3) is 5.69. The van der Waals surface area contributed by atoms with E-state index >= 15 is 0 Å². The molecule has 8 nitrogen and oxygen atoms in total. The van der Waals surface area contributed by atoms with E-state index in [4.69, 9.17) is 4.42 Å². The molecule has 0 radical (unpaired) electrons. The van der Waals surface area contributed by atoms with E-state index in [-0.39, 0.29) is 23.2 Å². The monoisotopic (exact) mass is 522 g/mol. The number of sulfonamides is 1. The molecular formula is C23H18F4N4O4S. The number of amides is 1. The van der Waals surface area contributed by atoms with Gasteiger partial charge >= 0.3 is 6.18 Å². The zero-order valence-electron chi connectivity index (χ0n) is 18.5. The van der Waals surface area contributed by atoms with Crippen LogP contribution < -0.4 is 10.0 Å². The van der Waals surface area contributed by atoms with Gasteiger partial charge in [-0.05, 0) is 55.0 Å². The van der Waals surface area contributed by atoms with Crippen molar-refractivity contribution in [3.05, 3.63) is 77.9 Å². The number of hydrogen-bond acceptors (Lipinski definition) is 6. The van der Waals surface area contributed by atoms with Crippen LogP contribution in [-0.2, 0) is 27.5 Å². The molecule has 13 heteroatoms. The lowest BCUT2D eigenvalue weighted by Gasteiger charge is -2.13. The fourth-order valence-corrected chi connectivity index (χ4v) is 4.42. The fraction of sp³-hybridized carbons (Fsp3) is 0.174. The number of hydrogen-bond donors (Lipinski definition) is 2. The topological polar surface area (TPSA) is 114 Å². The van der Waals surface area contributed by atoms with Crippen LogP contribution in [0.25, 0.3) is 22.4 Å². The van der Waals surface area contributed by atoms with Crippen molar-refractivity contribution in [3.63, 3.8) is 0 Å². The zero-order valence-corrected chi connectivity index (χ0v) is 19.3. The smallest absolute Gasteiger partial charge is 0.417 e. The molecule has 36 heavy (non-hydrogen) atoms. The van der Waals surface area contributed by atoms with Crippen molar-refractivity contribution >= 4 is 26.9 Å². The molecule has 0 unspecified atom stereocenters. The van der Waals surface area contributed by atoms with Gasteiger partial charge in [-0.25, -0.2) is 12.8 Å². The average molecular weight is 522 g/mol. The summed E-state index contributed by atoms with van der Waals surface area (Å²) in [5, 5.41) is 2.36. The first kappa shape index (κ1) is 25.3. The van der Waals surface area contributed by atoms with Crippen LogP contribution in [0.1, 0.15) is 18.1 Å². The molecule has 1 atom stereocenters. The molecule has 0 saturated carbocycles. The van der Waals surface area contributed by atoms with Gasteiger partial charge in [0.25, 0.3) is 10.0 Å². The predicted octanol–water partition coefficient (Wildman–Crippen LogP) is 4.03. The summed E-state index contributed by atoms with van der Waals surface area (Å²) in [6.45, 7) is 1.32. The Hall–Kier alpha value is -3.84. The summed E-state index contributed by atoms with van der Waals surface area (Å²) in [6.07, 6.45) is -2.39. The van der Waals surface area contributed by atoms with Crippen molar-refractivity contribution in [2.75, 3.05) is 0 Å². The second-order valence-corrected chi connectivity index (χ2v) is 9.43. The van der Waals surface area contributed by atoms with E-state index < -0.39 is 44.6 Å². The largest absolute Gasteiger partial charge is 0.443 e. The normalized spacial score (nSPS) is 13.0. The van der Waals surface area contributed by atoms with Crippen molar-refractivity contribution in [2.45, 2.75) is 30.8 Å². The van der Waals surface area contributed by atoms with Crippen molar-refractivity contribution in [1.29, 1.82) is 0 Å². The first-order valence-electron chi connectivity index (χ1n) is 10.4. The van der Waals surface area contributed by atoms with Crippen molar-refractivity contribution < 1.29 is 35.2 Å².